The van der Waals surface area contributed by atoms with Crippen LogP contribution in [0.15, 0.2) is 18.2 Å². The van der Waals surface area contributed by atoms with E-state index in [1.807, 2.05) is 0 Å². The minimum Gasteiger partial charge on any atom is -0.461 e. The summed E-state index contributed by atoms with van der Waals surface area (Å²) in [5.41, 5.74) is 7.00. The average molecular weight is 528 g/mol. The van der Waals surface area contributed by atoms with Crippen LogP contribution in [-0.2, 0) is 25.8 Å². The maximum absolute atomic E-state index is 9.32. The zero-order valence-electron chi connectivity index (χ0n) is 23.1. The standard InChI is InChI=1S/C31H41N7O/c32-14-10-24-20-37(19-15-33-24)29-26-11-18-36(28-9-3-7-23-6-1-2-8-25(23)28)21-27(26)34-30(35-29)39-22-31-12-4-16-38(31)17-5-13-31/h3,7,9,24,33H,1-2,4-6,8,10-13,15-22H2/t24-/m0/s1. The normalized spacial score (nSPS) is 24.1. The van der Waals surface area contributed by atoms with Gasteiger partial charge >= 0.3 is 6.01 Å². The Balaban J connectivity index is 1.20. The molecule has 5 aliphatic rings. The van der Waals surface area contributed by atoms with Gasteiger partial charge in [-0.25, -0.2) is 0 Å². The van der Waals surface area contributed by atoms with E-state index in [1.165, 1.54) is 81.3 Å². The molecule has 206 valence electrons. The van der Waals surface area contributed by atoms with Crippen molar-refractivity contribution in [3.8, 4) is 12.1 Å². The van der Waals surface area contributed by atoms with Gasteiger partial charge in [0.05, 0.1) is 30.3 Å². The number of nitrogens with zero attached hydrogens (tertiary/aromatic N) is 6. The largest absolute Gasteiger partial charge is 0.461 e. The molecule has 3 fully saturated rings. The van der Waals surface area contributed by atoms with E-state index < -0.39 is 0 Å². The zero-order chi connectivity index (χ0) is 26.2. The highest BCUT2D eigenvalue weighted by Crippen LogP contribution is 2.40. The van der Waals surface area contributed by atoms with Gasteiger partial charge in [0.25, 0.3) is 0 Å². The number of hydrogen-bond acceptors (Lipinski definition) is 8. The molecule has 1 aromatic carbocycles. The Bertz CT molecular complexity index is 1250. The number of ether oxygens (including phenoxy) is 1. The van der Waals surface area contributed by atoms with Crippen molar-refractivity contribution >= 4 is 11.5 Å². The molecular formula is C31H41N7O. The van der Waals surface area contributed by atoms with Crippen LogP contribution in [0.3, 0.4) is 0 Å². The molecule has 8 heteroatoms. The summed E-state index contributed by atoms with van der Waals surface area (Å²) >= 11 is 0. The molecule has 1 atom stereocenters. The van der Waals surface area contributed by atoms with E-state index in [4.69, 9.17) is 14.7 Å². The van der Waals surface area contributed by atoms with Crippen LogP contribution >= 0.6 is 0 Å². The number of hydrogen-bond donors (Lipinski definition) is 1. The van der Waals surface area contributed by atoms with Gasteiger partial charge in [-0.2, -0.15) is 15.2 Å². The van der Waals surface area contributed by atoms with Crippen molar-refractivity contribution in [2.45, 2.75) is 82.3 Å². The summed E-state index contributed by atoms with van der Waals surface area (Å²) in [6, 6.07) is 9.91. The molecule has 0 saturated carbocycles. The predicted octanol–water partition coefficient (Wildman–Crippen LogP) is 3.62. The predicted molar refractivity (Wildman–Crippen MR) is 152 cm³/mol. The Morgan fingerprint density at radius 1 is 0.974 bits per heavy atom. The quantitative estimate of drug-likeness (QED) is 0.610. The lowest BCUT2D eigenvalue weighted by Gasteiger charge is -2.38. The fourth-order valence-corrected chi connectivity index (χ4v) is 7.90. The summed E-state index contributed by atoms with van der Waals surface area (Å²) in [5.74, 6) is 1.03. The van der Waals surface area contributed by atoms with Crippen molar-refractivity contribution in [2.75, 3.05) is 55.7 Å². The van der Waals surface area contributed by atoms with Crippen LogP contribution in [0.2, 0.25) is 0 Å². The van der Waals surface area contributed by atoms with Crippen molar-refractivity contribution < 1.29 is 4.74 Å². The van der Waals surface area contributed by atoms with Crippen molar-refractivity contribution in [1.82, 2.24) is 20.2 Å². The highest BCUT2D eigenvalue weighted by molar-refractivity contribution is 5.61. The molecule has 0 radical (unpaired) electrons. The van der Waals surface area contributed by atoms with E-state index in [-0.39, 0.29) is 11.6 Å². The number of nitriles is 1. The first-order chi connectivity index (χ1) is 19.2. The lowest BCUT2D eigenvalue weighted by molar-refractivity contribution is 0.107. The Kier molecular flexibility index (Phi) is 6.82. The number of piperazine rings is 1. The third kappa shape index (κ3) is 4.74. The molecule has 8 nitrogen and oxygen atoms in total. The Morgan fingerprint density at radius 2 is 1.85 bits per heavy atom. The van der Waals surface area contributed by atoms with Crippen LogP contribution in [0.4, 0.5) is 11.5 Å². The van der Waals surface area contributed by atoms with Gasteiger partial charge in [0.2, 0.25) is 0 Å². The van der Waals surface area contributed by atoms with Crippen LogP contribution in [0, 0.1) is 11.3 Å². The maximum atomic E-state index is 9.32. The molecule has 7 rings (SSSR count). The van der Waals surface area contributed by atoms with E-state index in [9.17, 15) is 5.26 Å². The molecular weight excluding hydrogens is 486 g/mol. The molecule has 5 heterocycles. The molecule has 1 aliphatic carbocycles. The first-order valence-electron chi connectivity index (χ1n) is 15.2. The second-order valence-electron chi connectivity index (χ2n) is 12.2. The number of aryl methyl sites for hydroxylation is 1. The zero-order valence-corrected chi connectivity index (χ0v) is 23.1. The van der Waals surface area contributed by atoms with Crippen LogP contribution in [0.25, 0.3) is 0 Å². The summed E-state index contributed by atoms with van der Waals surface area (Å²) in [6.45, 7) is 7.38. The minimum absolute atomic E-state index is 0.166. The van der Waals surface area contributed by atoms with Gasteiger partial charge in [0.15, 0.2) is 0 Å². The molecule has 1 N–H and O–H groups in total. The molecule has 1 aromatic heterocycles. The van der Waals surface area contributed by atoms with Crippen molar-refractivity contribution in [1.29, 1.82) is 5.26 Å². The molecule has 4 aliphatic heterocycles. The number of anilines is 2. The number of aromatic nitrogens is 2. The van der Waals surface area contributed by atoms with Gasteiger partial charge in [-0.05, 0) is 88.1 Å². The topological polar surface area (TPSA) is 80.5 Å². The van der Waals surface area contributed by atoms with Gasteiger partial charge in [0, 0.05) is 43.5 Å². The fourth-order valence-electron chi connectivity index (χ4n) is 7.90. The van der Waals surface area contributed by atoms with Crippen LogP contribution < -0.4 is 19.9 Å². The summed E-state index contributed by atoms with van der Waals surface area (Å²) in [7, 11) is 0. The molecule has 0 spiro atoms. The maximum Gasteiger partial charge on any atom is 0.318 e. The third-order valence-electron chi connectivity index (χ3n) is 9.91. The van der Waals surface area contributed by atoms with E-state index in [1.54, 1.807) is 5.56 Å². The van der Waals surface area contributed by atoms with Gasteiger partial charge in [0.1, 0.15) is 12.4 Å². The summed E-state index contributed by atoms with van der Waals surface area (Å²) < 4.78 is 6.52. The SMILES string of the molecule is N#CC[C@H]1CN(c2nc(OCC34CCCN3CCC4)nc3c2CCN(c2cccc4c2CCCC4)C3)CCN1. The first kappa shape index (κ1) is 25.1. The second kappa shape index (κ2) is 10.6. The minimum atomic E-state index is 0.166. The fraction of sp³-hybridized carbons (Fsp3) is 0.645. The van der Waals surface area contributed by atoms with E-state index in [0.29, 0.717) is 19.0 Å². The van der Waals surface area contributed by atoms with Crippen molar-refractivity contribution in [3.63, 3.8) is 0 Å². The Morgan fingerprint density at radius 3 is 2.72 bits per heavy atom. The lowest BCUT2D eigenvalue weighted by atomic mass is 9.89. The highest BCUT2D eigenvalue weighted by atomic mass is 16.5. The first-order valence-corrected chi connectivity index (χ1v) is 15.2. The third-order valence-corrected chi connectivity index (χ3v) is 9.91. The van der Waals surface area contributed by atoms with Crippen molar-refractivity contribution in [2.24, 2.45) is 0 Å². The van der Waals surface area contributed by atoms with E-state index in [2.05, 4.69) is 44.3 Å². The molecule has 39 heavy (non-hydrogen) atoms. The second-order valence-corrected chi connectivity index (χ2v) is 12.2. The number of fused-ring (bicyclic) bond motifs is 3. The number of benzene rings is 1. The molecule has 2 aromatic rings. The van der Waals surface area contributed by atoms with Crippen LogP contribution in [0.5, 0.6) is 6.01 Å². The molecule has 0 bridgehead atoms. The van der Waals surface area contributed by atoms with Crippen molar-refractivity contribution in [3.05, 3.63) is 40.6 Å². The van der Waals surface area contributed by atoms with Gasteiger partial charge in [-0.1, -0.05) is 12.1 Å². The monoisotopic (exact) mass is 527 g/mol. The number of nitrogens with one attached hydrogen (secondary N) is 1. The van der Waals surface area contributed by atoms with E-state index in [0.717, 1.165) is 50.7 Å². The van der Waals surface area contributed by atoms with Gasteiger partial charge in [-0.3, -0.25) is 4.90 Å². The number of rotatable bonds is 6. The smallest absolute Gasteiger partial charge is 0.318 e. The molecule has 0 unspecified atom stereocenters. The molecule has 3 saturated heterocycles. The Hall–Kier alpha value is -2.89. The van der Waals surface area contributed by atoms with Crippen LogP contribution in [-0.4, -0.2) is 72.3 Å². The van der Waals surface area contributed by atoms with Crippen LogP contribution in [0.1, 0.15) is 67.3 Å². The van der Waals surface area contributed by atoms with E-state index >= 15 is 0 Å². The summed E-state index contributed by atoms with van der Waals surface area (Å²) in [4.78, 5) is 17.7. The summed E-state index contributed by atoms with van der Waals surface area (Å²) in [6.07, 6.45) is 11.3. The average Bonchev–Trinajstić information content (AvgIpc) is 3.56. The molecule has 0 amide bonds. The van der Waals surface area contributed by atoms with Gasteiger partial charge < -0.3 is 19.9 Å². The lowest BCUT2D eigenvalue weighted by Crippen LogP contribution is -2.51. The van der Waals surface area contributed by atoms with Gasteiger partial charge in [-0.15, -0.1) is 0 Å². The highest BCUT2D eigenvalue weighted by Gasteiger charge is 2.45. The summed E-state index contributed by atoms with van der Waals surface area (Å²) in [5, 5.41) is 12.8. The Labute approximate surface area is 232 Å².